The van der Waals surface area contributed by atoms with Gasteiger partial charge in [-0.2, -0.15) is 4.31 Å². The highest BCUT2D eigenvalue weighted by Gasteiger charge is 2.50. The van der Waals surface area contributed by atoms with Crippen LogP contribution in [0.2, 0.25) is 5.02 Å². The van der Waals surface area contributed by atoms with Gasteiger partial charge in [0.25, 0.3) is 0 Å². The van der Waals surface area contributed by atoms with Gasteiger partial charge >= 0.3 is 0 Å². The first kappa shape index (κ1) is 23.2. The van der Waals surface area contributed by atoms with Crippen LogP contribution in [-0.2, 0) is 26.2 Å². The number of hydrogen-bond acceptors (Lipinski definition) is 4. The van der Waals surface area contributed by atoms with Gasteiger partial charge in [0.1, 0.15) is 5.54 Å². The highest BCUT2D eigenvalue weighted by atomic mass is 35.5. The van der Waals surface area contributed by atoms with E-state index in [1.165, 1.54) is 4.90 Å². The zero-order chi connectivity index (χ0) is 23.0. The van der Waals surface area contributed by atoms with Crippen LogP contribution in [0.25, 0.3) is 0 Å². The summed E-state index contributed by atoms with van der Waals surface area (Å²) in [6.45, 7) is 5.18. The van der Waals surface area contributed by atoms with Crippen LogP contribution in [-0.4, -0.2) is 49.4 Å². The molecule has 31 heavy (non-hydrogen) atoms. The van der Waals surface area contributed by atoms with Crippen LogP contribution in [0.3, 0.4) is 0 Å². The molecule has 1 fully saturated rings. The minimum absolute atomic E-state index is 0.142. The van der Waals surface area contributed by atoms with Crippen LogP contribution in [0.1, 0.15) is 23.6 Å². The van der Waals surface area contributed by atoms with Gasteiger partial charge in [-0.1, -0.05) is 29.8 Å². The maximum atomic E-state index is 13.4. The van der Waals surface area contributed by atoms with Crippen LogP contribution < -0.4 is 10.2 Å². The van der Waals surface area contributed by atoms with Crippen LogP contribution in [0.5, 0.6) is 0 Å². The van der Waals surface area contributed by atoms with E-state index in [2.05, 4.69) is 5.32 Å². The number of carbonyl (C=O) groups excluding carboxylic acids is 2. The van der Waals surface area contributed by atoms with Gasteiger partial charge in [0.2, 0.25) is 21.8 Å². The predicted octanol–water partition coefficient (Wildman–Crippen LogP) is 2.64. The molecule has 1 N–H and O–H groups in total. The van der Waals surface area contributed by atoms with E-state index in [9.17, 15) is 18.0 Å². The molecule has 0 bridgehead atoms. The number of nitrogens with one attached hydrogen (secondary N) is 1. The summed E-state index contributed by atoms with van der Waals surface area (Å²) < 4.78 is 25.5. The number of aryl methyl sites for hydroxylation is 2. The predicted molar refractivity (Wildman–Crippen MR) is 122 cm³/mol. The standard InChI is InChI=1S/C22H26ClN3O4S/c1-15-9-16(2)11-19(10-15)26-20(27)13-25(31(4,29)30)14-22(26,3)21(28)24-12-17-5-7-18(23)8-6-17/h5-11H,12-14H2,1-4H3,(H,24,28)/t22-/m1/s1. The number of benzene rings is 2. The molecule has 2 aromatic carbocycles. The Hall–Kier alpha value is -2.42. The third-order valence-electron chi connectivity index (χ3n) is 5.33. The molecule has 9 heteroatoms. The van der Waals surface area contributed by atoms with Crippen LogP contribution in [0, 0.1) is 13.8 Å². The average molecular weight is 464 g/mol. The fourth-order valence-corrected chi connectivity index (χ4v) is 4.82. The maximum Gasteiger partial charge on any atom is 0.247 e. The normalized spacial score (nSPS) is 20.0. The lowest BCUT2D eigenvalue weighted by molar-refractivity contribution is -0.133. The molecule has 0 radical (unpaired) electrons. The van der Waals surface area contributed by atoms with Gasteiger partial charge in [0, 0.05) is 23.8 Å². The molecule has 0 unspecified atom stereocenters. The van der Waals surface area contributed by atoms with Crippen molar-refractivity contribution in [1.82, 2.24) is 9.62 Å². The molecule has 1 heterocycles. The Morgan fingerprint density at radius 3 is 2.26 bits per heavy atom. The Kier molecular flexibility index (Phi) is 6.45. The minimum Gasteiger partial charge on any atom is -0.350 e. The number of piperazine rings is 1. The number of nitrogens with zero attached hydrogens (tertiary/aromatic N) is 2. The summed E-state index contributed by atoms with van der Waals surface area (Å²) >= 11 is 5.91. The third kappa shape index (κ3) is 5.08. The zero-order valence-electron chi connectivity index (χ0n) is 18.0. The molecular weight excluding hydrogens is 438 g/mol. The summed E-state index contributed by atoms with van der Waals surface area (Å²) in [5.41, 5.74) is 1.86. The Labute approximate surface area is 188 Å². The lowest BCUT2D eigenvalue weighted by Crippen LogP contribution is -2.70. The third-order valence-corrected chi connectivity index (χ3v) is 6.78. The highest BCUT2D eigenvalue weighted by Crippen LogP contribution is 2.32. The summed E-state index contributed by atoms with van der Waals surface area (Å²) in [6.07, 6.45) is 1.04. The number of amides is 2. The van der Waals surface area contributed by atoms with E-state index in [1.54, 1.807) is 31.2 Å². The molecule has 0 aliphatic carbocycles. The average Bonchev–Trinajstić information content (AvgIpc) is 2.65. The molecular formula is C22H26ClN3O4S. The highest BCUT2D eigenvalue weighted by molar-refractivity contribution is 7.88. The van der Waals surface area contributed by atoms with Crippen LogP contribution >= 0.6 is 11.6 Å². The number of halogens is 1. The molecule has 166 valence electrons. The number of hydrogen-bond donors (Lipinski definition) is 1. The SMILES string of the molecule is Cc1cc(C)cc(N2C(=O)CN(S(C)(=O)=O)C[C@]2(C)C(=O)NCc2ccc(Cl)cc2)c1. The fraction of sp³-hybridized carbons (Fsp3) is 0.364. The molecule has 0 saturated carbocycles. The van der Waals surface area contributed by atoms with Crippen molar-refractivity contribution in [2.24, 2.45) is 0 Å². The minimum atomic E-state index is -3.67. The van der Waals surface area contributed by atoms with Crippen LogP contribution in [0.15, 0.2) is 42.5 Å². The van der Waals surface area contributed by atoms with Gasteiger partial charge in [-0.25, -0.2) is 8.42 Å². The molecule has 2 amide bonds. The van der Waals surface area contributed by atoms with E-state index in [1.807, 2.05) is 32.0 Å². The number of carbonyl (C=O) groups is 2. The van der Waals surface area contributed by atoms with Gasteiger partial charge in [-0.05, 0) is 61.7 Å². The topological polar surface area (TPSA) is 86.8 Å². The Balaban J connectivity index is 1.98. The van der Waals surface area contributed by atoms with E-state index in [0.29, 0.717) is 10.7 Å². The molecule has 1 atom stereocenters. The largest absolute Gasteiger partial charge is 0.350 e. The molecule has 0 spiro atoms. The lowest BCUT2D eigenvalue weighted by atomic mass is 9.93. The Morgan fingerprint density at radius 2 is 1.71 bits per heavy atom. The summed E-state index contributed by atoms with van der Waals surface area (Å²) in [5.74, 6) is -0.894. The fourth-order valence-electron chi connectivity index (χ4n) is 3.86. The Morgan fingerprint density at radius 1 is 1.13 bits per heavy atom. The zero-order valence-corrected chi connectivity index (χ0v) is 19.5. The maximum absolute atomic E-state index is 13.4. The van der Waals surface area contributed by atoms with E-state index < -0.39 is 27.4 Å². The lowest BCUT2D eigenvalue weighted by Gasteiger charge is -2.46. The first-order valence-electron chi connectivity index (χ1n) is 9.79. The van der Waals surface area contributed by atoms with Crippen molar-refractivity contribution in [3.8, 4) is 0 Å². The number of sulfonamides is 1. The van der Waals surface area contributed by atoms with Crippen molar-refractivity contribution in [1.29, 1.82) is 0 Å². The van der Waals surface area contributed by atoms with Crippen molar-refractivity contribution >= 4 is 39.1 Å². The first-order chi connectivity index (χ1) is 14.4. The molecule has 3 rings (SSSR count). The first-order valence-corrected chi connectivity index (χ1v) is 12.0. The molecule has 2 aromatic rings. The second kappa shape index (κ2) is 8.61. The van der Waals surface area contributed by atoms with Crippen molar-refractivity contribution < 1.29 is 18.0 Å². The van der Waals surface area contributed by atoms with Crippen molar-refractivity contribution in [2.75, 3.05) is 24.2 Å². The second-order valence-electron chi connectivity index (χ2n) is 8.19. The molecule has 1 aliphatic heterocycles. The quantitative estimate of drug-likeness (QED) is 0.738. The van der Waals surface area contributed by atoms with Crippen molar-refractivity contribution in [3.05, 3.63) is 64.2 Å². The molecule has 0 aromatic heterocycles. The van der Waals surface area contributed by atoms with E-state index >= 15 is 0 Å². The van der Waals surface area contributed by atoms with E-state index in [0.717, 1.165) is 27.3 Å². The monoisotopic (exact) mass is 463 g/mol. The van der Waals surface area contributed by atoms with Gasteiger partial charge in [0.05, 0.1) is 12.8 Å². The van der Waals surface area contributed by atoms with E-state index in [4.69, 9.17) is 11.6 Å². The van der Waals surface area contributed by atoms with Gasteiger partial charge in [-0.3, -0.25) is 14.5 Å². The molecule has 1 aliphatic rings. The number of rotatable bonds is 5. The van der Waals surface area contributed by atoms with Crippen molar-refractivity contribution in [2.45, 2.75) is 32.9 Å². The molecule has 1 saturated heterocycles. The summed E-state index contributed by atoms with van der Waals surface area (Å²) in [5, 5.41) is 3.44. The summed E-state index contributed by atoms with van der Waals surface area (Å²) in [6, 6.07) is 12.7. The molecule has 7 nitrogen and oxygen atoms in total. The Bertz CT molecular complexity index is 1100. The summed E-state index contributed by atoms with van der Waals surface area (Å²) in [7, 11) is -3.67. The van der Waals surface area contributed by atoms with Gasteiger partial charge in [-0.15, -0.1) is 0 Å². The smallest absolute Gasteiger partial charge is 0.247 e. The van der Waals surface area contributed by atoms with Crippen molar-refractivity contribution in [3.63, 3.8) is 0 Å². The van der Waals surface area contributed by atoms with E-state index in [-0.39, 0.29) is 19.6 Å². The van der Waals surface area contributed by atoms with Crippen LogP contribution in [0.4, 0.5) is 5.69 Å². The summed E-state index contributed by atoms with van der Waals surface area (Å²) in [4.78, 5) is 27.9. The number of anilines is 1. The second-order valence-corrected chi connectivity index (χ2v) is 10.6. The van der Waals surface area contributed by atoms with Gasteiger partial charge < -0.3 is 5.32 Å². The van der Waals surface area contributed by atoms with Gasteiger partial charge in [0.15, 0.2) is 0 Å².